The molecule has 0 radical (unpaired) electrons. The molecular weight excluding hydrogens is 285 g/mol. The molecule has 1 aromatic rings. The lowest BCUT2D eigenvalue weighted by Crippen LogP contribution is -2.49. The maximum Gasteiger partial charge on any atom is 0.419 e. The number of rotatable bonds is 3. The first kappa shape index (κ1) is 15.6. The van der Waals surface area contributed by atoms with Crippen molar-refractivity contribution < 1.29 is 18.0 Å². The molecule has 0 spiro atoms. The number of aromatic nitrogens is 1. The fourth-order valence-corrected chi connectivity index (χ4v) is 2.21. The van der Waals surface area contributed by atoms with Gasteiger partial charge < -0.3 is 15.1 Å². The highest BCUT2D eigenvalue weighted by atomic mass is 19.4. The van der Waals surface area contributed by atoms with E-state index in [9.17, 15) is 18.0 Å². The third-order valence-electron chi connectivity index (χ3n) is 3.30. The molecule has 2 heterocycles. The van der Waals surface area contributed by atoms with E-state index in [1.165, 1.54) is 24.2 Å². The van der Waals surface area contributed by atoms with Crippen LogP contribution >= 0.6 is 0 Å². The lowest BCUT2D eigenvalue weighted by atomic mass is 10.2. The number of amides is 1. The molecule has 0 aromatic carbocycles. The standard InChI is InChI=1S/C13H17F3N4O/c1-19(9-11(21)20-7-5-17-6-8-20)12-10(13(14,15)16)3-2-4-18-12/h2-4,17H,5-9H2,1H3. The number of hydrogen-bond acceptors (Lipinski definition) is 4. The second-order valence-corrected chi connectivity index (χ2v) is 4.86. The van der Waals surface area contributed by atoms with Crippen molar-refractivity contribution in [2.24, 2.45) is 0 Å². The van der Waals surface area contributed by atoms with E-state index in [0.29, 0.717) is 26.2 Å². The van der Waals surface area contributed by atoms with Crippen LogP contribution < -0.4 is 10.2 Å². The van der Waals surface area contributed by atoms with E-state index < -0.39 is 11.7 Å². The average Bonchev–Trinajstić information content (AvgIpc) is 2.47. The number of piperazine rings is 1. The topological polar surface area (TPSA) is 48.5 Å². The predicted octanol–water partition coefficient (Wildman–Crippen LogP) is 0.968. The van der Waals surface area contributed by atoms with Crippen molar-refractivity contribution >= 4 is 11.7 Å². The van der Waals surface area contributed by atoms with Gasteiger partial charge >= 0.3 is 6.18 Å². The SMILES string of the molecule is CN(CC(=O)N1CCNCC1)c1ncccc1C(F)(F)F. The van der Waals surface area contributed by atoms with Gasteiger partial charge in [0.25, 0.3) is 0 Å². The van der Waals surface area contributed by atoms with Crippen molar-refractivity contribution in [3.63, 3.8) is 0 Å². The highest BCUT2D eigenvalue weighted by Gasteiger charge is 2.35. The Balaban J connectivity index is 2.10. The zero-order valence-electron chi connectivity index (χ0n) is 11.7. The summed E-state index contributed by atoms with van der Waals surface area (Å²) in [5.41, 5.74) is -0.833. The number of nitrogens with one attached hydrogen (secondary N) is 1. The van der Waals surface area contributed by atoms with E-state index in [1.807, 2.05) is 0 Å². The Bertz CT molecular complexity index is 500. The normalized spacial score (nSPS) is 15.9. The van der Waals surface area contributed by atoms with Crippen molar-refractivity contribution in [3.05, 3.63) is 23.9 Å². The molecule has 1 fully saturated rings. The maximum atomic E-state index is 12.9. The van der Waals surface area contributed by atoms with Crippen molar-refractivity contribution in [2.45, 2.75) is 6.18 Å². The molecule has 0 aliphatic carbocycles. The summed E-state index contributed by atoms with van der Waals surface area (Å²) >= 11 is 0. The molecule has 5 nitrogen and oxygen atoms in total. The third kappa shape index (κ3) is 3.84. The molecule has 1 amide bonds. The van der Waals surface area contributed by atoms with Crippen molar-refractivity contribution in [1.29, 1.82) is 0 Å². The number of hydrogen-bond donors (Lipinski definition) is 1. The van der Waals surface area contributed by atoms with Crippen LogP contribution in [-0.4, -0.2) is 55.6 Å². The monoisotopic (exact) mass is 302 g/mol. The van der Waals surface area contributed by atoms with E-state index in [-0.39, 0.29) is 18.3 Å². The Morgan fingerprint density at radius 2 is 2.10 bits per heavy atom. The summed E-state index contributed by atoms with van der Waals surface area (Å²) in [6, 6.07) is 2.20. The second kappa shape index (κ2) is 6.30. The molecule has 1 saturated heterocycles. The molecule has 2 rings (SSSR count). The largest absolute Gasteiger partial charge is 0.419 e. The Morgan fingerprint density at radius 1 is 1.43 bits per heavy atom. The number of nitrogens with zero attached hydrogens (tertiary/aromatic N) is 3. The van der Waals surface area contributed by atoms with Gasteiger partial charge in [-0.2, -0.15) is 13.2 Å². The van der Waals surface area contributed by atoms with Crippen LogP contribution in [0.3, 0.4) is 0 Å². The summed E-state index contributed by atoms with van der Waals surface area (Å²) in [6.45, 7) is 2.42. The molecule has 0 unspecified atom stereocenters. The van der Waals surface area contributed by atoms with Gasteiger partial charge in [-0.25, -0.2) is 4.98 Å². The first-order chi connectivity index (χ1) is 9.89. The van der Waals surface area contributed by atoms with Gasteiger partial charge in [0.1, 0.15) is 5.82 Å². The number of halogens is 3. The molecule has 1 aliphatic heterocycles. The van der Waals surface area contributed by atoms with Crippen LogP contribution in [0.25, 0.3) is 0 Å². The minimum absolute atomic E-state index is 0.125. The van der Waals surface area contributed by atoms with Gasteiger partial charge in [0.05, 0.1) is 12.1 Å². The lowest BCUT2D eigenvalue weighted by Gasteiger charge is -2.30. The fraction of sp³-hybridized carbons (Fsp3) is 0.538. The Morgan fingerprint density at radius 3 is 2.71 bits per heavy atom. The van der Waals surface area contributed by atoms with Crippen molar-refractivity contribution in [1.82, 2.24) is 15.2 Å². The second-order valence-electron chi connectivity index (χ2n) is 4.86. The summed E-state index contributed by atoms with van der Waals surface area (Å²) in [5.74, 6) is -0.425. The van der Waals surface area contributed by atoms with E-state index in [2.05, 4.69) is 10.3 Å². The summed E-state index contributed by atoms with van der Waals surface area (Å²) in [6.07, 6.45) is -3.20. The number of carbonyl (C=O) groups excluding carboxylic acids is 1. The summed E-state index contributed by atoms with van der Waals surface area (Å²) < 4.78 is 38.8. The maximum absolute atomic E-state index is 12.9. The number of carbonyl (C=O) groups is 1. The van der Waals surface area contributed by atoms with Crippen LogP contribution in [0.4, 0.5) is 19.0 Å². The highest BCUT2D eigenvalue weighted by Crippen LogP contribution is 2.34. The van der Waals surface area contributed by atoms with Gasteiger partial charge in [0.15, 0.2) is 0 Å². The molecule has 1 N–H and O–H groups in total. The average molecular weight is 302 g/mol. The van der Waals surface area contributed by atoms with Crippen LogP contribution in [-0.2, 0) is 11.0 Å². The van der Waals surface area contributed by atoms with Crippen LogP contribution in [0.1, 0.15) is 5.56 Å². The molecule has 1 aliphatic rings. The molecule has 8 heteroatoms. The molecule has 116 valence electrons. The van der Waals surface area contributed by atoms with Crippen LogP contribution in [0, 0.1) is 0 Å². The predicted molar refractivity (Wildman–Crippen MR) is 72.0 cm³/mol. The Labute approximate surface area is 120 Å². The zero-order chi connectivity index (χ0) is 15.5. The van der Waals surface area contributed by atoms with E-state index >= 15 is 0 Å². The van der Waals surface area contributed by atoms with E-state index in [1.54, 1.807) is 4.90 Å². The molecule has 0 atom stereocenters. The van der Waals surface area contributed by atoms with Gasteiger partial charge in [-0.1, -0.05) is 0 Å². The van der Waals surface area contributed by atoms with Gasteiger partial charge in [0, 0.05) is 39.4 Å². The highest BCUT2D eigenvalue weighted by molar-refractivity contribution is 5.81. The summed E-state index contributed by atoms with van der Waals surface area (Å²) in [5, 5.41) is 3.12. The number of likely N-dealkylation sites (N-methyl/N-ethyl adjacent to an activating group) is 1. The third-order valence-corrected chi connectivity index (χ3v) is 3.30. The van der Waals surface area contributed by atoms with E-state index in [4.69, 9.17) is 0 Å². The lowest BCUT2D eigenvalue weighted by molar-refractivity contribution is -0.137. The van der Waals surface area contributed by atoms with Crippen LogP contribution in [0.2, 0.25) is 0 Å². The van der Waals surface area contributed by atoms with Gasteiger partial charge in [-0.3, -0.25) is 4.79 Å². The minimum atomic E-state index is -4.49. The molecule has 1 aromatic heterocycles. The zero-order valence-corrected chi connectivity index (χ0v) is 11.7. The fourth-order valence-electron chi connectivity index (χ4n) is 2.21. The number of alkyl halides is 3. The summed E-state index contributed by atoms with van der Waals surface area (Å²) in [4.78, 5) is 18.7. The molecule has 0 bridgehead atoms. The van der Waals surface area contributed by atoms with Crippen LogP contribution in [0.5, 0.6) is 0 Å². The number of anilines is 1. The number of pyridine rings is 1. The van der Waals surface area contributed by atoms with Gasteiger partial charge in [-0.05, 0) is 12.1 Å². The molecule has 21 heavy (non-hydrogen) atoms. The summed E-state index contributed by atoms with van der Waals surface area (Å²) in [7, 11) is 1.44. The van der Waals surface area contributed by atoms with Gasteiger partial charge in [0.2, 0.25) is 5.91 Å². The van der Waals surface area contributed by atoms with Gasteiger partial charge in [-0.15, -0.1) is 0 Å². The van der Waals surface area contributed by atoms with Crippen molar-refractivity contribution in [2.75, 3.05) is 44.7 Å². The quantitative estimate of drug-likeness (QED) is 0.904. The van der Waals surface area contributed by atoms with Crippen molar-refractivity contribution in [3.8, 4) is 0 Å². The minimum Gasteiger partial charge on any atom is -0.350 e. The first-order valence-electron chi connectivity index (χ1n) is 6.61. The molecular formula is C13H17F3N4O. The smallest absolute Gasteiger partial charge is 0.350 e. The molecule has 0 saturated carbocycles. The first-order valence-corrected chi connectivity index (χ1v) is 6.61. The Kier molecular flexibility index (Phi) is 4.66. The Hall–Kier alpha value is -1.83. The van der Waals surface area contributed by atoms with E-state index in [0.717, 1.165) is 6.07 Å². The van der Waals surface area contributed by atoms with Crippen LogP contribution in [0.15, 0.2) is 18.3 Å².